The van der Waals surface area contributed by atoms with Crippen LogP contribution in [0, 0.1) is 5.92 Å². The molecule has 28 heavy (non-hydrogen) atoms. The number of methoxy groups -OCH3 is 1. The summed E-state index contributed by atoms with van der Waals surface area (Å²) >= 11 is 0. The molecule has 0 radical (unpaired) electrons. The molecule has 144 valence electrons. The van der Waals surface area contributed by atoms with Crippen LogP contribution in [0.5, 0.6) is 11.5 Å². The summed E-state index contributed by atoms with van der Waals surface area (Å²) < 4.78 is 12.8. The fourth-order valence-electron chi connectivity index (χ4n) is 3.35. The lowest BCUT2D eigenvalue weighted by atomic mass is 9.96. The minimum absolute atomic E-state index is 0.111. The van der Waals surface area contributed by atoms with E-state index in [0.717, 1.165) is 29.0 Å². The van der Waals surface area contributed by atoms with Crippen LogP contribution in [-0.2, 0) is 13.0 Å². The Morgan fingerprint density at radius 3 is 2.96 bits per heavy atom. The van der Waals surface area contributed by atoms with E-state index in [1.54, 1.807) is 24.2 Å². The number of benzene rings is 2. The van der Waals surface area contributed by atoms with Crippen LogP contribution in [0.4, 0.5) is 0 Å². The van der Waals surface area contributed by atoms with Gasteiger partial charge in [0.2, 0.25) is 0 Å². The SMILES string of the molecule is COc1ccc2c(c1)OCC(CNC(=O)c1cnn(Cc3ccccc3)c1)C2. The van der Waals surface area contributed by atoms with Crippen molar-refractivity contribution in [1.82, 2.24) is 15.1 Å². The minimum atomic E-state index is -0.111. The van der Waals surface area contributed by atoms with Crippen molar-refractivity contribution in [2.24, 2.45) is 5.92 Å². The molecule has 1 N–H and O–H groups in total. The van der Waals surface area contributed by atoms with Gasteiger partial charge in [0.15, 0.2) is 0 Å². The maximum atomic E-state index is 12.5. The maximum Gasteiger partial charge on any atom is 0.254 e. The molecule has 0 bridgehead atoms. The van der Waals surface area contributed by atoms with Crippen LogP contribution in [0.15, 0.2) is 60.9 Å². The molecule has 0 fully saturated rings. The first-order valence-electron chi connectivity index (χ1n) is 9.35. The number of hydrogen-bond donors (Lipinski definition) is 1. The van der Waals surface area contributed by atoms with Gasteiger partial charge in [0.05, 0.1) is 32.0 Å². The third-order valence-electron chi connectivity index (χ3n) is 4.89. The highest BCUT2D eigenvalue weighted by atomic mass is 16.5. The van der Waals surface area contributed by atoms with Crippen molar-refractivity contribution in [1.29, 1.82) is 0 Å². The van der Waals surface area contributed by atoms with E-state index in [1.807, 2.05) is 48.5 Å². The Morgan fingerprint density at radius 1 is 1.29 bits per heavy atom. The Bertz CT molecular complexity index is 953. The van der Waals surface area contributed by atoms with E-state index >= 15 is 0 Å². The van der Waals surface area contributed by atoms with Gasteiger partial charge in [-0.15, -0.1) is 0 Å². The van der Waals surface area contributed by atoms with Crippen molar-refractivity contribution in [3.05, 3.63) is 77.6 Å². The molecule has 6 nitrogen and oxygen atoms in total. The highest BCUT2D eigenvalue weighted by Crippen LogP contribution is 2.30. The maximum absolute atomic E-state index is 12.5. The van der Waals surface area contributed by atoms with E-state index in [9.17, 15) is 4.79 Å². The Morgan fingerprint density at radius 2 is 2.14 bits per heavy atom. The second kappa shape index (κ2) is 8.17. The van der Waals surface area contributed by atoms with Gasteiger partial charge in [-0.05, 0) is 23.6 Å². The number of fused-ring (bicyclic) bond motifs is 1. The summed E-state index contributed by atoms with van der Waals surface area (Å²) in [5.41, 5.74) is 2.85. The van der Waals surface area contributed by atoms with Gasteiger partial charge in [0, 0.05) is 24.7 Å². The van der Waals surface area contributed by atoms with Crippen LogP contribution in [0.25, 0.3) is 0 Å². The molecule has 1 aliphatic heterocycles. The number of carbonyl (C=O) groups is 1. The number of rotatable bonds is 6. The summed E-state index contributed by atoms with van der Waals surface area (Å²) in [6, 6.07) is 15.9. The molecule has 1 atom stereocenters. The van der Waals surface area contributed by atoms with Crippen LogP contribution < -0.4 is 14.8 Å². The van der Waals surface area contributed by atoms with E-state index in [0.29, 0.717) is 25.3 Å². The molecule has 2 heterocycles. The van der Waals surface area contributed by atoms with E-state index in [1.165, 1.54) is 0 Å². The third-order valence-corrected chi connectivity index (χ3v) is 4.89. The zero-order chi connectivity index (χ0) is 19.3. The van der Waals surface area contributed by atoms with Crippen LogP contribution >= 0.6 is 0 Å². The average molecular weight is 377 g/mol. The first-order chi connectivity index (χ1) is 13.7. The quantitative estimate of drug-likeness (QED) is 0.717. The number of nitrogens with zero attached hydrogens (tertiary/aromatic N) is 2. The zero-order valence-electron chi connectivity index (χ0n) is 15.8. The lowest BCUT2D eigenvalue weighted by Gasteiger charge is -2.25. The lowest BCUT2D eigenvalue weighted by Crippen LogP contribution is -2.34. The fourth-order valence-corrected chi connectivity index (χ4v) is 3.35. The number of ether oxygens (including phenoxy) is 2. The normalized spacial score (nSPS) is 15.4. The zero-order valence-corrected chi connectivity index (χ0v) is 15.8. The summed E-state index contributed by atoms with van der Waals surface area (Å²) in [5, 5.41) is 7.29. The van der Waals surface area contributed by atoms with Crippen LogP contribution in [0.1, 0.15) is 21.5 Å². The number of nitrogens with one attached hydrogen (secondary N) is 1. The highest BCUT2D eigenvalue weighted by Gasteiger charge is 2.21. The summed E-state index contributed by atoms with van der Waals surface area (Å²) in [4.78, 5) is 12.5. The van der Waals surface area contributed by atoms with Crippen LogP contribution in [0.3, 0.4) is 0 Å². The van der Waals surface area contributed by atoms with Crippen LogP contribution in [-0.4, -0.2) is 35.9 Å². The van der Waals surface area contributed by atoms with Crippen molar-refractivity contribution in [2.75, 3.05) is 20.3 Å². The minimum Gasteiger partial charge on any atom is -0.497 e. The molecular formula is C22H23N3O3. The molecule has 1 amide bonds. The Hall–Kier alpha value is -3.28. The Balaban J connectivity index is 1.31. The second-order valence-electron chi connectivity index (χ2n) is 6.98. The predicted octanol–water partition coefficient (Wildman–Crippen LogP) is 2.92. The average Bonchev–Trinajstić information content (AvgIpc) is 3.20. The van der Waals surface area contributed by atoms with E-state index < -0.39 is 0 Å². The Labute approximate surface area is 164 Å². The summed E-state index contributed by atoms with van der Waals surface area (Å²) in [7, 11) is 1.64. The topological polar surface area (TPSA) is 65.4 Å². The van der Waals surface area contributed by atoms with Gasteiger partial charge in [-0.25, -0.2) is 0 Å². The van der Waals surface area contributed by atoms with Gasteiger partial charge in [0.25, 0.3) is 5.91 Å². The molecule has 1 aromatic heterocycles. The van der Waals surface area contributed by atoms with Gasteiger partial charge in [0.1, 0.15) is 11.5 Å². The molecule has 4 rings (SSSR count). The van der Waals surface area contributed by atoms with Crippen molar-refractivity contribution in [2.45, 2.75) is 13.0 Å². The first kappa shape index (κ1) is 18.1. The molecule has 1 aliphatic rings. The second-order valence-corrected chi connectivity index (χ2v) is 6.98. The number of amides is 1. The van der Waals surface area contributed by atoms with Gasteiger partial charge < -0.3 is 14.8 Å². The van der Waals surface area contributed by atoms with Crippen molar-refractivity contribution in [3.63, 3.8) is 0 Å². The molecule has 0 saturated carbocycles. The summed E-state index contributed by atoms with van der Waals surface area (Å²) in [5.74, 6) is 1.78. The van der Waals surface area contributed by atoms with Crippen molar-refractivity contribution < 1.29 is 14.3 Å². The molecule has 2 aromatic carbocycles. The molecule has 6 heteroatoms. The van der Waals surface area contributed by atoms with Crippen LogP contribution in [0.2, 0.25) is 0 Å². The lowest BCUT2D eigenvalue weighted by molar-refractivity contribution is 0.0939. The third kappa shape index (κ3) is 4.17. The van der Waals surface area contributed by atoms with Gasteiger partial charge in [-0.3, -0.25) is 9.48 Å². The van der Waals surface area contributed by atoms with Crippen molar-refractivity contribution in [3.8, 4) is 11.5 Å². The smallest absolute Gasteiger partial charge is 0.254 e. The summed E-state index contributed by atoms with van der Waals surface area (Å²) in [6.45, 7) is 1.78. The monoisotopic (exact) mass is 377 g/mol. The predicted molar refractivity (Wildman–Crippen MR) is 106 cm³/mol. The number of hydrogen-bond acceptors (Lipinski definition) is 4. The standard InChI is InChI=1S/C22H23N3O3/c1-27-20-8-7-18-9-17(15-28-21(18)10-20)11-23-22(26)19-12-24-25(14-19)13-16-5-3-2-4-6-16/h2-8,10,12,14,17H,9,11,13,15H2,1H3,(H,23,26). The highest BCUT2D eigenvalue weighted by molar-refractivity contribution is 5.93. The Kier molecular flexibility index (Phi) is 5.28. The van der Waals surface area contributed by atoms with Crippen molar-refractivity contribution >= 4 is 5.91 Å². The van der Waals surface area contributed by atoms with Gasteiger partial charge >= 0.3 is 0 Å². The van der Waals surface area contributed by atoms with Gasteiger partial charge in [-0.2, -0.15) is 5.10 Å². The molecule has 0 aliphatic carbocycles. The first-order valence-corrected chi connectivity index (χ1v) is 9.35. The molecular weight excluding hydrogens is 354 g/mol. The van der Waals surface area contributed by atoms with E-state index in [4.69, 9.17) is 9.47 Å². The number of carbonyl (C=O) groups excluding carboxylic acids is 1. The van der Waals surface area contributed by atoms with E-state index in [2.05, 4.69) is 10.4 Å². The molecule has 1 unspecified atom stereocenters. The molecule has 0 spiro atoms. The van der Waals surface area contributed by atoms with E-state index in [-0.39, 0.29) is 11.8 Å². The van der Waals surface area contributed by atoms with Gasteiger partial charge in [-0.1, -0.05) is 36.4 Å². The molecule has 0 saturated heterocycles. The number of aromatic nitrogens is 2. The largest absolute Gasteiger partial charge is 0.497 e. The fraction of sp³-hybridized carbons (Fsp3) is 0.273. The molecule has 3 aromatic rings. The summed E-state index contributed by atoms with van der Waals surface area (Å²) in [6.07, 6.45) is 4.26.